The van der Waals surface area contributed by atoms with Crippen LogP contribution in [0.1, 0.15) is 36.1 Å². The molecule has 112 valence electrons. The van der Waals surface area contributed by atoms with Gasteiger partial charge in [-0.1, -0.05) is 0 Å². The Bertz CT molecular complexity index is 453. The van der Waals surface area contributed by atoms with Gasteiger partial charge in [0.2, 0.25) is 0 Å². The van der Waals surface area contributed by atoms with E-state index in [9.17, 15) is 4.79 Å². The van der Waals surface area contributed by atoms with E-state index in [0.717, 1.165) is 18.8 Å². The molecule has 2 heterocycles. The van der Waals surface area contributed by atoms with Gasteiger partial charge in [0, 0.05) is 25.7 Å². The monoisotopic (exact) mass is 297 g/mol. The first-order valence-electron chi connectivity index (χ1n) is 7.05. The van der Waals surface area contributed by atoms with Crippen LogP contribution in [0, 0.1) is 6.92 Å². The lowest BCUT2D eigenvalue weighted by molar-refractivity contribution is -0.0778. The van der Waals surface area contributed by atoms with Crippen LogP contribution in [0.15, 0.2) is 5.51 Å². The fourth-order valence-electron chi connectivity index (χ4n) is 2.55. The molecule has 2 rings (SSSR count). The second-order valence-electron chi connectivity index (χ2n) is 5.54. The quantitative estimate of drug-likeness (QED) is 0.918. The van der Waals surface area contributed by atoms with Crippen LogP contribution in [-0.4, -0.2) is 53.7 Å². The van der Waals surface area contributed by atoms with Crippen molar-refractivity contribution in [2.24, 2.45) is 0 Å². The lowest BCUT2D eigenvalue weighted by Crippen LogP contribution is -2.52. The number of rotatable bonds is 4. The molecule has 1 aromatic heterocycles. The predicted molar refractivity (Wildman–Crippen MR) is 80.2 cm³/mol. The molecule has 5 nitrogen and oxygen atoms in total. The van der Waals surface area contributed by atoms with E-state index in [4.69, 9.17) is 4.74 Å². The summed E-state index contributed by atoms with van der Waals surface area (Å²) in [5, 5.41) is 3.00. The highest BCUT2D eigenvalue weighted by molar-refractivity contribution is 7.11. The molecule has 0 aromatic carbocycles. The third-order valence-corrected chi connectivity index (χ3v) is 4.51. The number of aryl methyl sites for hydroxylation is 1. The average Bonchev–Trinajstić information content (AvgIpc) is 2.80. The summed E-state index contributed by atoms with van der Waals surface area (Å²) in [6.45, 7) is 10.7. The van der Waals surface area contributed by atoms with E-state index >= 15 is 0 Å². The maximum absolute atomic E-state index is 12.1. The number of morpholine rings is 1. The van der Waals surface area contributed by atoms with Crippen molar-refractivity contribution in [3.63, 3.8) is 0 Å². The molecule has 0 radical (unpaired) electrons. The molecular weight excluding hydrogens is 274 g/mol. The number of carbonyl (C=O) groups excluding carboxylic acids is 1. The zero-order valence-corrected chi connectivity index (χ0v) is 13.4. The first-order valence-corrected chi connectivity index (χ1v) is 7.93. The summed E-state index contributed by atoms with van der Waals surface area (Å²) < 4.78 is 5.73. The van der Waals surface area contributed by atoms with E-state index in [1.54, 1.807) is 5.51 Å². The second-order valence-corrected chi connectivity index (χ2v) is 6.39. The van der Waals surface area contributed by atoms with Crippen LogP contribution in [0.5, 0.6) is 0 Å². The number of ether oxygens (including phenoxy) is 1. The summed E-state index contributed by atoms with van der Waals surface area (Å²) in [4.78, 5) is 19.2. The van der Waals surface area contributed by atoms with Crippen LogP contribution in [0.25, 0.3) is 0 Å². The smallest absolute Gasteiger partial charge is 0.263 e. The largest absolute Gasteiger partial charge is 0.373 e. The van der Waals surface area contributed by atoms with E-state index in [0.29, 0.717) is 17.5 Å². The van der Waals surface area contributed by atoms with Gasteiger partial charge >= 0.3 is 0 Å². The van der Waals surface area contributed by atoms with Crippen LogP contribution in [-0.2, 0) is 4.74 Å². The molecule has 1 aliphatic rings. The van der Waals surface area contributed by atoms with Gasteiger partial charge in [0.05, 0.1) is 23.4 Å². The van der Waals surface area contributed by atoms with Gasteiger partial charge in [-0.05, 0) is 27.7 Å². The van der Waals surface area contributed by atoms with E-state index in [1.807, 2.05) is 6.92 Å². The maximum Gasteiger partial charge on any atom is 0.263 e. The van der Waals surface area contributed by atoms with Gasteiger partial charge in [-0.3, -0.25) is 9.69 Å². The van der Waals surface area contributed by atoms with Gasteiger partial charge in [-0.2, -0.15) is 0 Å². The van der Waals surface area contributed by atoms with Gasteiger partial charge in [-0.25, -0.2) is 4.98 Å². The highest BCUT2D eigenvalue weighted by atomic mass is 32.1. The molecule has 1 aliphatic heterocycles. The number of thiazole rings is 1. The SMILES string of the molecule is Cc1ncsc1C(=O)NC[C@H](C)N1C[C@H](C)O[C@@H](C)C1. The molecule has 0 spiro atoms. The van der Waals surface area contributed by atoms with Crippen LogP contribution in [0.2, 0.25) is 0 Å². The Morgan fingerprint density at radius 2 is 2.20 bits per heavy atom. The Kier molecular flexibility index (Phi) is 5.12. The van der Waals surface area contributed by atoms with Crippen LogP contribution >= 0.6 is 11.3 Å². The Hall–Kier alpha value is -0.980. The topological polar surface area (TPSA) is 54.5 Å². The number of aromatic nitrogens is 1. The van der Waals surface area contributed by atoms with Crippen molar-refractivity contribution in [3.8, 4) is 0 Å². The minimum absolute atomic E-state index is 0.0220. The lowest BCUT2D eigenvalue weighted by atomic mass is 10.1. The number of hydrogen-bond acceptors (Lipinski definition) is 5. The third kappa shape index (κ3) is 3.77. The van der Waals surface area contributed by atoms with Crippen molar-refractivity contribution < 1.29 is 9.53 Å². The van der Waals surface area contributed by atoms with Crippen molar-refractivity contribution in [1.82, 2.24) is 15.2 Å². The Balaban J connectivity index is 1.84. The van der Waals surface area contributed by atoms with Crippen molar-refractivity contribution >= 4 is 17.2 Å². The molecular formula is C14H23N3O2S. The summed E-state index contributed by atoms with van der Waals surface area (Å²) in [7, 11) is 0. The van der Waals surface area contributed by atoms with Gasteiger partial charge in [0.1, 0.15) is 4.88 Å². The minimum atomic E-state index is -0.0220. The number of nitrogens with zero attached hydrogens (tertiary/aromatic N) is 2. The number of nitrogens with one attached hydrogen (secondary N) is 1. The fraction of sp³-hybridized carbons (Fsp3) is 0.714. The van der Waals surface area contributed by atoms with E-state index in [-0.39, 0.29) is 18.1 Å². The van der Waals surface area contributed by atoms with Crippen LogP contribution in [0.4, 0.5) is 0 Å². The normalized spacial score (nSPS) is 25.4. The minimum Gasteiger partial charge on any atom is -0.373 e. The molecule has 1 aromatic rings. The van der Waals surface area contributed by atoms with Crippen molar-refractivity contribution in [1.29, 1.82) is 0 Å². The van der Waals surface area contributed by atoms with Crippen molar-refractivity contribution in [3.05, 3.63) is 16.1 Å². The summed E-state index contributed by atoms with van der Waals surface area (Å²) in [6.07, 6.45) is 0.501. The maximum atomic E-state index is 12.1. The molecule has 1 amide bonds. The lowest BCUT2D eigenvalue weighted by Gasteiger charge is -2.38. The molecule has 0 bridgehead atoms. The van der Waals surface area contributed by atoms with Crippen molar-refractivity contribution in [2.45, 2.75) is 45.9 Å². The van der Waals surface area contributed by atoms with Crippen LogP contribution in [0.3, 0.4) is 0 Å². The Morgan fingerprint density at radius 1 is 1.55 bits per heavy atom. The van der Waals surface area contributed by atoms with Crippen LogP contribution < -0.4 is 5.32 Å². The Morgan fingerprint density at radius 3 is 2.75 bits per heavy atom. The molecule has 1 saturated heterocycles. The van der Waals surface area contributed by atoms with Crippen molar-refractivity contribution in [2.75, 3.05) is 19.6 Å². The Labute approximate surface area is 124 Å². The summed E-state index contributed by atoms with van der Waals surface area (Å²) >= 11 is 1.39. The molecule has 20 heavy (non-hydrogen) atoms. The highest BCUT2D eigenvalue weighted by Gasteiger charge is 2.26. The molecule has 1 N–H and O–H groups in total. The zero-order chi connectivity index (χ0) is 14.7. The molecule has 1 fully saturated rings. The number of carbonyl (C=O) groups is 1. The van der Waals surface area contributed by atoms with Gasteiger partial charge < -0.3 is 10.1 Å². The molecule has 0 aliphatic carbocycles. The first-order chi connectivity index (χ1) is 9.47. The van der Waals surface area contributed by atoms with Gasteiger partial charge in [-0.15, -0.1) is 11.3 Å². The summed E-state index contributed by atoms with van der Waals surface area (Å²) in [5.41, 5.74) is 2.51. The summed E-state index contributed by atoms with van der Waals surface area (Å²) in [5.74, 6) is -0.0220. The van der Waals surface area contributed by atoms with Gasteiger partial charge in [0.25, 0.3) is 5.91 Å². The van der Waals surface area contributed by atoms with Gasteiger partial charge in [0.15, 0.2) is 0 Å². The fourth-order valence-corrected chi connectivity index (χ4v) is 3.27. The predicted octanol–water partition coefficient (Wildman–Crippen LogP) is 1.68. The highest BCUT2D eigenvalue weighted by Crippen LogP contribution is 2.14. The first kappa shape index (κ1) is 15.4. The zero-order valence-electron chi connectivity index (χ0n) is 12.5. The standard InChI is InChI=1S/C14H23N3O2S/c1-9(17-6-10(2)19-11(3)7-17)5-15-14(18)13-12(4)16-8-20-13/h8-11H,5-7H2,1-4H3,(H,15,18)/t9-,10-,11-/m0/s1. The second kappa shape index (κ2) is 6.65. The van der Waals surface area contributed by atoms with E-state index in [1.165, 1.54) is 11.3 Å². The molecule has 0 unspecified atom stereocenters. The number of hydrogen-bond donors (Lipinski definition) is 1. The molecule has 6 heteroatoms. The number of amides is 1. The third-order valence-electron chi connectivity index (χ3n) is 3.58. The summed E-state index contributed by atoms with van der Waals surface area (Å²) in [6, 6.07) is 0.306. The average molecular weight is 297 g/mol. The molecule has 0 saturated carbocycles. The van der Waals surface area contributed by atoms with E-state index in [2.05, 4.69) is 36.0 Å². The van der Waals surface area contributed by atoms with E-state index < -0.39 is 0 Å². The molecule has 3 atom stereocenters.